The molecule has 2 aromatic rings. The number of hydrogen-bond acceptors (Lipinski definition) is 3. The van der Waals surface area contributed by atoms with Gasteiger partial charge in [-0.05, 0) is 37.1 Å². The number of hydrogen-bond donors (Lipinski definition) is 1. The Morgan fingerprint density at radius 3 is 3.00 bits per heavy atom. The summed E-state index contributed by atoms with van der Waals surface area (Å²) in [7, 11) is 0. The van der Waals surface area contributed by atoms with Crippen molar-refractivity contribution in [3.8, 4) is 0 Å². The van der Waals surface area contributed by atoms with Crippen LogP contribution in [0.2, 0.25) is 0 Å². The van der Waals surface area contributed by atoms with E-state index in [2.05, 4.69) is 23.3 Å². The Hall–Kier alpha value is -1.61. The quantitative estimate of drug-likeness (QED) is 0.854. The van der Waals surface area contributed by atoms with Crippen LogP contribution in [0.25, 0.3) is 0 Å². The molecule has 0 saturated heterocycles. The standard InChI is InChI=1S/C13H16N2O/c1-10-6-12(8-14-7-10)9-15-11(2)13-4-3-5-16-13/h3-8,11,15H,9H2,1-2H3. The van der Waals surface area contributed by atoms with Gasteiger partial charge >= 0.3 is 0 Å². The third kappa shape index (κ3) is 2.70. The Bertz CT molecular complexity index is 437. The van der Waals surface area contributed by atoms with Crippen molar-refractivity contribution in [1.82, 2.24) is 10.3 Å². The van der Waals surface area contributed by atoms with Crippen LogP contribution >= 0.6 is 0 Å². The van der Waals surface area contributed by atoms with Gasteiger partial charge in [0.1, 0.15) is 5.76 Å². The highest BCUT2D eigenvalue weighted by Gasteiger charge is 2.06. The zero-order chi connectivity index (χ0) is 11.4. The third-order valence-electron chi connectivity index (χ3n) is 2.51. The second-order valence-electron chi connectivity index (χ2n) is 3.99. The lowest BCUT2D eigenvalue weighted by Crippen LogP contribution is -2.17. The number of pyridine rings is 1. The fourth-order valence-electron chi connectivity index (χ4n) is 1.62. The SMILES string of the molecule is Cc1cncc(CNC(C)c2ccco2)c1. The van der Waals surface area contributed by atoms with Crippen LogP contribution < -0.4 is 5.32 Å². The fraction of sp³-hybridized carbons (Fsp3) is 0.308. The molecule has 0 aliphatic heterocycles. The van der Waals surface area contributed by atoms with Crippen molar-refractivity contribution in [3.63, 3.8) is 0 Å². The molecule has 1 atom stereocenters. The lowest BCUT2D eigenvalue weighted by Gasteiger charge is -2.11. The Kier molecular flexibility index (Phi) is 3.37. The zero-order valence-electron chi connectivity index (χ0n) is 9.60. The minimum Gasteiger partial charge on any atom is -0.468 e. The maximum atomic E-state index is 5.33. The van der Waals surface area contributed by atoms with Gasteiger partial charge in [-0.2, -0.15) is 0 Å². The topological polar surface area (TPSA) is 38.1 Å². The van der Waals surface area contributed by atoms with Gasteiger partial charge < -0.3 is 9.73 Å². The van der Waals surface area contributed by atoms with Gasteiger partial charge in [-0.1, -0.05) is 6.07 Å². The monoisotopic (exact) mass is 216 g/mol. The van der Waals surface area contributed by atoms with Crippen LogP contribution in [0.3, 0.4) is 0 Å². The molecular weight excluding hydrogens is 200 g/mol. The van der Waals surface area contributed by atoms with E-state index in [1.165, 1.54) is 11.1 Å². The molecule has 16 heavy (non-hydrogen) atoms. The molecule has 0 radical (unpaired) electrons. The number of nitrogens with one attached hydrogen (secondary N) is 1. The van der Waals surface area contributed by atoms with Gasteiger partial charge in [-0.25, -0.2) is 0 Å². The molecule has 0 aromatic carbocycles. The Morgan fingerprint density at radius 2 is 2.31 bits per heavy atom. The van der Waals surface area contributed by atoms with Crippen LogP contribution in [0.5, 0.6) is 0 Å². The van der Waals surface area contributed by atoms with E-state index < -0.39 is 0 Å². The molecule has 0 saturated carbocycles. The molecule has 0 aliphatic rings. The van der Waals surface area contributed by atoms with E-state index >= 15 is 0 Å². The highest BCUT2D eigenvalue weighted by atomic mass is 16.3. The van der Waals surface area contributed by atoms with E-state index in [1.54, 1.807) is 6.26 Å². The van der Waals surface area contributed by atoms with Crippen LogP contribution in [0.15, 0.2) is 41.3 Å². The normalized spacial score (nSPS) is 12.6. The first-order chi connectivity index (χ1) is 7.75. The summed E-state index contributed by atoms with van der Waals surface area (Å²) in [5.74, 6) is 0.959. The number of aryl methyl sites for hydroxylation is 1. The second-order valence-corrected chi connectivity index (χ2v) is 3.99. The first-order valence-electron chi connectivity index (χ1n) is 5.43. The van der Waals surface area contributed by atoms with Crippen LogP contribution in [-0.4, -0.2) is 4.98 Å². The second kappa shape index (κ2) is 4.94. The summed E-state index contributed by atoms with van der Waals surface area (Å²) in [5, 5.41) is 3.39. The molecule has 1 unspecified atom stereocenters. The van der Waals surface area contributed by atoms with Crippen LogP contribution in [0, 0.1) is 6.92 Å². The smallest absolute Gasteiger partial charge is 0.120 e. The van der Waals surface area contributed by atoms with Crippen molar-refractivity contribution < 1.29 is 4.42 Å². The number of nitrogens with zero attached hydrogens (tertiary/aromatic N) is 1. The van der Waals surface area contributed by atoms with Gasteiger partial charge in [-0.3, -0.25) is 4.98 Å². The molecule has 84 valence electrons. The number of rotatable bonds is 4. The molecule has 3 nitrogen and oxygen atoms in total. The van der Waals surface area contributed by atoms with Crippen molar-refractivity contribution in [2.45, 2.75) is 26.4 Å². The molecule has 0 aliphatic carbocycles. The highest BCUT2D eigenvalue weighted by Crippen LogP contribution is 2.13. The first kappa shape index (κ1) is 10.9. The van der Waals surface area contributed by atoms with Crippen molar-refractivity contribution >= 4 is 0 Å². The maximum Gasteiger partial charge on any atom is 0.120 e. The lowest BCUT2D eigenvalue weighted by atomic mass is 10.2. The Balaban J connectivity index is 1.92. The van der Waals surface area contributed by atoms with Crippen molar-refractivity contribution in [2.24, 2.45) is 0 Å². The summed E-state index contributed by atoms with van der Waals surface area (Å²) in [6, 6.07) is 6.23. The lowest BCUT2D eigenvalue weighted by molar-refractivity contribution is 0.430. The van der Waals surface area contributed by atoms with Crippen LogP contribution in [0.1, 0.15) is 29.9 Å². The molecule has 0 spiro atoms. The number of furan rings is 1. The Morgan fingerprint density at radius 1 is 1.44 bits per heavy atom. The van der Waals surface area contributed by atoms with Gasteiger partial charge in [0.15, 0.2) is 0 Å². The minimum atomic E-state index is 0.218. The van der Waals surface area contributed by atoms with E-state index in [-0.39, 0.29) is 6.04 Å². The summed E-state index contributed by atoms with van der Waals surface area (Å²) >= 11 is 0. The minimum absolute atomic E-state index is 0.218. The Labute approximate surface area is 95.5 Å². The molecule has 0 bridgehead atoms. The van der Waals surface area contributed by atoms with E-state index in [4.69, 9.17) is 4.42 Å². The largest absolute Gasteiger partial charge is 0.468 e. The average molecular weight is 216 g/mol. The molecule has 2 aromatic heterocycles. The van der Waals surface area contributed by atoms with Crippen LogP contribution in [0.4, 0.5) is 0 Å². The summed E-state index contributed by atoms with van der Waals surface area (Å²) in [6.07, 6.45) is 5.44. The number of aromatic nitrogens is 1. The maximum absolute atomic E-state index is 5.33. The summed E-state index contributed by atoms with van der Waals surface area (Å²) in [4.78, 5) is 4.16. The van der Waals surface area contributed by atoms with E-state index in [0.29, 0.717) is 0 Å². The summed E-state index contributed by atoms with van der Waals surface area (Å²) in [5.41, 5.74) is 2.38. The van der Waals surface area contributed by atoms with Crippen LogP contribution in [-0.2, 0) is 6.54 Å². The zero-order valence-corrected chi connectivity index (χ0v) is 9.60. The predicted molar refractivity (Wildman–Crippen MR) is 62.9 cm³/mol. The predicted octanol–water partition coefficient (Wildman–Crippen LogP) is 2.83. The van der Waals surface area contributed by atoms with E-state index in [9.17, 15) is 0 Å². The molecule has 2 heterocycles. The van der Waals surface area contributed by atoms with Crippen molar-refractivity contribution in [1.29, 1.82) is 0 Å². The first-order valence-corrected chi connectivity index (χ1v) is 5.43. The highest BCUT2D eigenvalue weighted by molar-refractivity contribution is 5.16. The van der Waals surface area contributed by atoms with Gasteiger partial charge in [0, 0.05) is 18.9 Å². The molecule has 2 rings (SSSR count). The average Bonchev–Trinajstić information content (AvgIpc) is 2.79. The van der Waals surface area contributed by atoms with E-state index in [0.717, 1.165) is 12.3 Å². The van der Waals surface area contributed by atoms with Gasteiger partial charge in [-0.15, -0.1) is 0 Å². The molecule has 3 heteroatoms. The van der Waals surface area contributed by atoms with Gasteiger partial charge in [0.05, 0.1) is 12.3 Å². The van der Waals surface area contributed by atoms with Gasteiger partial charge in [0.2, 0.25) is 0 Å². The van der Waals surface area contributed by atoms with Crippen molar-refractivity contribution in [3.05, 3.63) is 53.7 Å². The molecule has 0 amide bonds. The van der Waals surface area contributed by atoms with Gasteiger partial charge in [0.25, 0.3) is 0 Å². The third-order valence-corrected chi connectivity index (χ3v) is 2.51. The summed E-state index contributed by atoms with van der Waals surface area (Å²) in [6.45, 7) is 4.94. The fourth-order valence-corrected chi connectivity index (χ4v) is 1.62. The summed E-state index contributed by atoms with van der Waals surface area (Å²) < 4.78 is 5.33. The van der Waals surface area contributed by atoms with Crippen molar-refractivity contribution in [2.75, 3.05) is 0 Å². The molecule has 0 fully saturated rings. The molecular formula is C13H16N2O. The van der Waals surface area contributed by atoms with E-state index in [1.807, 2.05) is 31.5 Å². The molecule has 1 N–H and O–H groups in total.